The summed E-state index contributed by atoms with van der Waals surface area (Å²) >= 11 is 0. The van der Waals surface area contributed by atoms with Crippen molar-refractivity contribution in [1.29, 1.82) is 0 Å². The Kier molecular flexibility index (Phi) is 8.70. The normalized spacial score (nSPS) is 13.2. The van der Waals surface area contributed by atoms with Crippen LogP contribution in [0.15, 0.2) is 133 Å². The minimum absolute atomic E-state index is 0.0426. The van der Waals surface area contributed by atoms with Gasteiger partial charge in [0.25, 0.3) is 0 Å². The lowest BCUT2D eigenvalue weighted by molar-refractivity contribution is 0.590. The molecule has 0 saturated carbocycles. The third-order valence-electron chi connectivity index (χ3n) is 13.5. The van der Waals surface area contributed by atoms with Crippen LogP contribution >= 0.6 is 0 Å². The fourth-order valence-corrected chi connectivity index (χ4v) is 9.71. The summed E-state index contributed by atoms with van der Waals surface area (Å²) in [7, 11) is 0. The molecular weight excluding hydrogens is 751 g/mol. The Bertz CT molecular complexity index is 3070. The predicted molar refractivity (Wildman–Crippen MR) is 269 cm³/mol. The number of aryl methyl sites for hydroxylation is 1. The number of hydrogen-bond donors (Lipinski definition) is 0. The van der Waals surface area contributed by atoms with Gasteiger partial charge in [0.15, 0.2) is 0 Å². The summed E-state index contributed by atoms with van der Waals surface area (Å²) in [6.07, 6.45) is 0. The maximum Gasteiger partial charge on any atom is 0.0561 e. The van der Waals surface area contributed by atoms with Gasteiger partial charge in [-0.15, -0.1) is 0 Å². The van der Waals surface area contributed by atoms with Crippen LogP contribution in [0.2, 0.25) is 0 Å². The van der Waals surface area contributed by atoms with Crippen LogP contribution < -0.4 is 0 Å². The Morgan fingerprint density at radius 1 is 0.258 bits per heavy atom. The van der Waals surface area contributed by atoms with Gasteiger partial charge in [-0.2, -0.15) is 0 Å². The first-order chi connectivity index (χ1) is 29.2. The fraction of sp³-hybridized carbons (Fsp3) is 0.288. The predicted octanol–water partition coefficient (Wildman–Crippen LogP) is 16.5. The second kappa shape index (κ2) is 13.5. The lowest BCUT2D eigenvalue weighted by atomic mass is 9.85. The van der Waals surface area contributed by atoms with Gasteiger partial charge in [0.1, 0.15) is 0 Å². The van der Waals surface area contributed by atoms with E-state index < -0.39 is 0 Å². The summed E-state index contributed by atoms with van der Waals surface area (Å²) in [4.78, 5) is 0. The molecule has 0 radical (unpaired) electrons. The molecule has 0 amide bonds. The molecule has 0 saturated heterocycles. The van der Waals surface area contributed by atoms with Crippen LogP contribution in [0.3, 0.4) is 0 Å². The minimum atomic E-state index is 0.0426. The van der Waals surface area contributed by atoms with Crippen LogP contribution in [0.4, 0.5) is 0 Å². The van der Waals surface area contributed by atoms with Gasteiger partial charge in [0, 0.05) is 49.4 Å². The zero-order chi connectivity index (χ0) is 43.8. The van der Waals surface area contributed by atoms with Crippen molar-refractivity contribution in [2.45, 2.75) is 112 Å². The van der Waals surface area contributed by atoms with Crippen LogP contribution in [0, 0.1) is 6.92 Å². The first kappa shape index (κ1) is 40.0. The largest absolute Gasteiger partial charge is 0.309 e. The van der Waals surface area contributed by atoms with Crippen LogP contribution in [0.25, 0.3) is 82.5 Å². The van der Waals surface area contributed by atoms with Crippen molar-refractivity contribution in [3.05, 3.63) is 161 Å². The highest BCUT2D eigenvalue weighted by Gasteiger charge is 2.24. The average molecular weight is 812 g/mol. The van der Waals surface area contributed by atoms with E-state index in [0.717, 1.165) is 17.1 Å². The van der Waals surface area contributed by atoms with E-state index >= 15 is 0 Å². The SMILES string of the molecule is Cc1ccc(-n2c3cc(-n4c5ccc(C(C)(C)C)cc5c5cc(C(C)(C)C)ccc54)ccc3c3ccc(-n4c5ccc(C(C)(C)C)cc5c5cc(C(C)(C)C)ccc54)cc32)cc1. The van der Waals surface area contributed by atoms with Crippen molar-refractivity contribution in [2.24, 2.45) is 0 Å². The summed E-state index contributed by atoms with van der Waals surface area (Å²) < 4.78 is 7.46. The Morgan fingerprint density at radius 3 is 0.823 bits per heavy atom. The molecule has 10 aromatic rings. The quantitative estimate of drug-likeness (QED) is 0.169. The monoisotopic (exact) mass is 811 g/mol. The average Bonchev–Trinajstić information content (AvgIpc) is 3.83. The van der Waals surface area contributed by atoms with Crippen molar-refractivity contribution in [3.8, 4) is 17.1 Å². The molecule has 3 aromatic heterocycles. The maximum atomic E-state index is 2.49. The third-order valence-corrected chi connectivity index (χ3v) is 13.5. The lowest BCUT2D eigenvalue weighted by Gasteiger charge is -2.19. The molecule has 0 bridgehead atoms. The van der Waals surface area contributed by atoms with Gasteiger partial charge in [-0.05, 0) is 136 Å². The van der Waals surface area contributed by atoms with E-state index in [0.29, 0.717) is 0 Å². The van der Waals surface area contributed by atoms with Crippen LogP contribution in [-0.4, -0.2) is 13.7 Å². The highest BCUT2D eigenvalue weighted by Crippen LogP contribution is 2.42. The number of hydrogen-bond acceptors (Lipinski definition) is 0. The summed E-state index contributed by atoms with van der Waals surface area (Å²) in [5.74, 6) is 0. The van der Waals surface area contributed by atoms with E-state index in [1.165, 1.54) is 93.2 Å². The molecule has 62 heavy (non-hydrogen) atoms. The van der Waals surface area contributed by atoms with Crippen LogP contribution in [0.5, 0.6) is 0 Å². The summed E-state index contributed by atoms with van der Waals surface area (Å²) in [6.45, 7) is 29.9. The van der Waals surface area contributed by atoms with Crippen molar-refractivity contribution in [2.75, 3.05) is 0 Å². The number of benzene rings is 7. The van der Waals surface area contributed by atoms with E-state index in [-0.39, 0.29) is 21.7 Å². The standard InChI is InChI=1S/C59H61N3/c1-36-14-20-41(21-15-36)60-54-34-42(61-50-26-16-37(56(2,3)4)30-46(50)47-31-38(57(5,6)7)17-27-51(47)61)22-24-44(54)45-25-23-43(35-55(45)60)62-52-28-18-39(58(8,9)10)32-48(52)49-33-40(59(11,12)13)19-29-53(49)62/h14-35H,1-13H3. The molecule has 0 atom stereocenters. The Hall–Kier alpha value is -6.06. The molecule has 10 rings (SSSR count). The Balaban J connectivity index is 1.25. The van der Waals surface area contributed by atoms with E-state index in [4.69, 9.17) is 0 Å². The molecule has 0 N–H and O–H groups in total. The zero-order valence-corrected chi connectivity index (χ0v) is 39.0. The molecule has 0 aliphatic heterocycles. The summed E-state index contributed by atoms with van der Waals surface area (Å²) in [5.41, 5.74) is 17.6. The highest BCUT2D eigenvalue weighted by molar-refractivity contribution is 6.14. The van der Waals surface area contributed by atoms with E-state index in [9.17, 15) is 0 Å². The van der Waals surface area contributed by atoms with Gasteiger partial charge >= 0.3 is 0 Å². The Morgan fingerprint density at radius 2 is 0.532 bits per heavy atom. The van der Waals surface area contributed by atoms with Crippen LogP contribution in [0.1, 0.15) is 111 Å². The number of nitrogens with zero attached hydrogens (tertiary/aromatic N) is 3. The topological polar surface area (TPSA) is 14.8 Å². The summed E-state index contributed by atoms with van der Waals surface area (Å²) in [5, 5.41) is 7.70. The third kappa shape index (κ3) is 6.38. The van der Waals surface area contributed by atoms with Crippen molar-refractivity contribution in [3.63, 3.8) is 0 Å². The molecular formula is C59H61N3. The van der Waals surface area contributed by atoms with Gasteiger partial charge in [-0.3, -0.25) is 0 Å². The maximum absolute atomic E-state index is 2.49. The molecule has 7 aromatic carbocycles. The molecule has 0 aliphatic carbocycles. The van der Waals surface area contributed by atoms with Crippen molar-refractivity contribution < 1.29 is 0 Å². The molecule has 0 aliphatic rings. The molecule has 0 spiro atoms. The number of fused-ring (bicyclic) bond motifs is 9. The lowest BCUT2D eigenvalue weighted by Crippen LogP contribution is -2.10. The summed E-state index contributed by atoms with van der Waals surface area (Å²) in [6, 6.07) is 51.7. The Labute approximate surface area is 367 Å². The molecule has 0 unspecified atom stereocenters. The second-order valence-corrected chi connectivity index (χ2v) is 22.2. The van der Waals surface area contributed by atoms with Gasteiger partial charge in [-0.25, -0.2) is 0 Å². The molecule has 3 nitrogen and oxygen atoms in total. The van der Waals surface area contributed by atoms with E-state index in [1.54, 1.807) is 0 Å². The van der Waals surface area contributed by atoms with Gasteiger partial charge in [0.05, 0.1) is 33.1 Å². The van der Waals surface area contributed by atoms with Gasteiger partial charge in [0.2, 0.25) is 0 Å². The minimum Gasteiger partial charge on any atom is -0.309 e. The fourth-order valence-electron chi connectivity index (χ4n) is 9.71. The number of rotatable bonds is 3. The van der Waals surface area contributed by atoms with Crippen molar-refractivity contribution in [1.82, 2.24) is 13.7 Å². The zero-order valence-electron chi connectivity index (χ0n) is 39.0. The smallest absolute Gasteiger partial charge is 0.0561 e. The molecule has 3 heterocycles. The van der Waals surface area contributed by atoms with Gasteiger partial charge in [-0.1, -0.05) is 137 Å². The van der Waals surface area contributed by atoms with E-state index in [2.05, 4.69) is 237 Å². The second-order valence-electron chi connectivity index (χ2n) is 22.2. The first-order valence-corrected chi connectivity index (χ1v) is 22.5. The highest BCUT2D eigenvalue weighted by atomic mass is 15.0. The number of aromatic nitrogens is 3. The molecule has 3 heteroatoms. The molecule has 0 fully saturated rings. The van der Waals surface area contributed by atoms with Gasteiger partial charge < -0.3 is 13.7 Å². The molecule has 312 valence electrons. The van der Waals surface area contributed by atoms with Crippen molar-refractivity contribution >= 4 is 65.4 Å². The van der Waals surface area contributed by atoms with E-state index in [1.807, 2.05) is 0 Å². The first-order valence-electron chi connectivity index (χ1n) is 22.5. The van der Waals surface area contributed by atoms with Crippen LogP contribution in [-0.2, 0) is 21.7 Å².